The van der Waals surface area contributed by atoms with Crippen molar-refractivity contribution in [2.45, 2.75) is 31.3 Å². The van der Waals surface area contributed by atoms with Crippen LogP contribution < -0.4 is 0 Å². The topological polar surface area (TPSA) is 6.48 Å². The van der Waals surface area contributed by atoms with Crippen molar-refractivity contribution < 1.29 is 0 Å². The van der Waals surface area contributed by atoms with E-state index in [1.807, 2.05) is 6.07 Å². The summed E-state index contributed by atoms with van der Waals surface area (Å²) in [6, 6.07) is 6.13. The summed E-state index contributed by atoms with van der Waals surface area (Å²) in [6.45, 7) is 2.01. The second kappa shape index (κ2) is 6.13. The monoisotopic (exact) mass is 344 g/mol. The number of nitrogens with zero attached hydrogens (tertiary/aromatic N) is 2. The minimum atomic E-state index is 0.372. The second-order valence-corrected chi connectivity index (χ2v) is 7.20. The van der Waals surface area contributed by atoms with Crippen LogP contribution in [0.1, 0.15) is 24.8 Å². The molecule has 0 radical (unpaired) electrons. The van der Waals surface area contributed by atoms with E-state index >= 15 is 0 Å². The number of likely N-dealkylation sites (N-methyl/N-ethyl adjacent to an activating group) is 2. The average Bonchev–Trinajstić information content (AvgIpc) is 2.27. The van der Waals surface area contributed by atoms with E-state index in [2.05, 4.69) is 59.0 Å². The molecule has 0 N–H and O–H groups in total. The lowest BCUT2D eigenvalue weighted by Gasteiger charge is -2.49. The standard InChI is InChI=1S/C15H22BrClN2/c1-18(2)15(7-4-8-15)11-19(3)10-12-5-6-13(16)9-14(12)17/h5-6,9H,4,7-8,10-11H2,1-3H3. The summed E-state index contributed by atoms with van der Waals surface area (Å²) in [5.74, 6) is 0. The highest BCUT2D eigenvalue weighted by Gasteiger charge is 2.39. The van der Waals surface area contributed by atoms with Crippen LogP contribution >= 0.6 is 27.5 Å². The number of hydrogen-bond acceptors (Lipinski definition) is 2. The van der Waals surface area contributed by atoms with Crippen molar-refractivity contribution in [3.8, 4) is 0 Å². The molecule has 1 aliphatic carbocycles. The van der Waals surface area contributed by atoms with E-state index in [9.17, 15) is 0 Å². The van der Waals surface area contributed by atoms with Crippen molar-refractivity contribution in [3.63, 3.8) is 0 Å². The first kappa shape index (κ1) is 15.3. The quantitative estimate of drug-likeness (QED) is 0.795. The molecule has 0 atom stereocenters. The number of hydrogen-bond donors (Lipinski definition) is 0. The Morgan fingerprint density at radius 3 is 2.42 bits per heavy atom. The third kappa shape index (κ3) is 3.52. The van der Waals surface area contributed by atoms with Crippen LogP contribution in [0.5, 0.6) is 0 Å². The Hall–Kier alpha value is -0.0900. The molecule has 106 valence electrons. The lowest BCUT2D eigenvalue weighted by atomic mass is 9.75. The maximum absolute atomic E-state index is 6.29. The summed E-state index contributed by atoms with van der Waals surface area (Å²) in [5, 5.41) is 0.841. The van der Waals surface area contributed by atoms with Gasteiger partial charge in [0, 0.05) is 28.1 Å². The van der Waals surface area contributed by atoms with Gasteiger partial charge in [-0.15, -0.1) is 0 Å². The molecule has 0 bridgehead atoms. The summed E-state index contributed by atoms with van der Waals surface area (Å²) >= 11 is 9.73. The summed E-state index contributed by atoms with van der Waals surface area (Å²) in [4.78, 5) is 4.77. The Kier molecular flexibility index (Phi) is 4.93. The van der Waals surface area contributed by atoms with Gasteiger partial charge in [-0.2, -0.15) is 0 Å². The summed E-state index contributed by atoms with van der Waals surface area (Å²) in [6.07, 6.45) is 3.96. The third-order valence-corrected chi connectivity index (χ3v) is 5.10. The van der Waals surface area contributed by atoms with Gasteiger partial charge in [0.2, 0.25) is 0 Å². The molecule has 0 aromatic heterocycles. The zero-order chi connectivity index (χ0) is 14.0. The van der Waals surface area contributed by atoms with Crippen LogP contribution in [0, 0.1) is 0 Å². The Bertz CT molecular complexity index is 444. The molecular weight excluding hydrogens is 324 g/mol. The van der Waals surface area contributed by atoms with Crippen molar-refractivity contribution >= 4 is 27.5 Å². The first-order valence-electron chi connectivity index (χ1n) is 6.73. The molecular formula is C15H22BrClN2. The van der Waals surface area contributed by atoms with E-state index in [-0.39, 0.29) is 0 Å². The van der Waals surface area contributed by atoms with Crippen molar-refractivity contribution in [1.29, 1.82) is 0 Å². The van der Waals surface area contributed by atoms with Crippen LogP contribution in [0.2, 0.25) is 5.02 Å². The molecule has 1 aromatic rings. The van der Waals surface area contributed by atoms with Crippen LogP contribution in [0.25, 0.3) is 0 Å². The molecule has 1 aromatic carbocycles. The molecule has 4 heteroatoms. The predicted octanol–water partition coefficient (Wildman–Crippen LogP) is 4.02. The molecule has 0 amide bonds. The highest BCUT2D eigenvalue weighted by Crippen LogP contribution is 2.37. The van der Waals surface area contributed by atoms with Gasteiger partial charge in [0.1, 0.15) is 0 Å². The molecule has 0 spiro atoms. The lowest BCUT2D eigenvalue weighted by molar-refractivity contribution is 0.0259. The Labute approximate surface area is 129 Å². The SMILES string of the molecule is CN(Cc1ccc(Br)cc1Cl)CC1(N(C)C)CCC1. The molecule has 0 unspecified atom stereocenters. The molecule has 1 saturated carbocycles. The zero-order valence-electron chi connectivity index (χ0n) is 11.9. The van der Waals surface area contributed by atoms with Gasteiger partial charge >= 0.3 is 0 Å². The van der Waals surface area contributed by atoms with Crippen molar-refractivity contribution in [2.75, 3.05) is 27.7 Å². The summed E-state index contributed by atoms with van der Waals surface area (Å²) < 4.78 is 1.03. The minimum absolute atomic E-state index is 0.372. The first-order valence-corrected chi connectivity index (χ1v) is 7.90. The number of rotatable bonds is 5. The van der Waals surface area contributed by atoms with Crippen LogP contribution in [-0.2, 0) is 6.54 Å². The first-order chi connectivity index (χ1) is 8.93. The van der Waals surface area contributed by atoms with Gasteiger partial charge < -0.3 is 9.80 Å². The average molecular weight is 346 g/mol. The third-order valence-electron chi connectivity index (χ3n) is 4.25. The Balaban J connectivity index is 1.99. The zero-order valence-corrected chi connectivity index (χ0v) is 14.3. The molecule has 0 aliphatic heterocycles. The highest BCUT2D eigenvalue weighted by molar-refractivity contribution is 9.10. The van der Waals surface area contributed by atoms with E-state index in [0.29, 0.717) is 5.54 Å². The van der Waals surface area contributed by atoms with Crippen molar-refractivity contribution in [3.05, 3.63) is 33.3 Å². The smallest absolute Gasteiger partial charge is 0.0462 e. The van der Waals surface area contributed by atoms with Gasteiger partial charge in [0.15, 0.2) is 0 Å². The van der Waals surface area contributed by atoms with E-state index in [0.717, 1.165) is 22.6 Å². The molecule has 1 fully saturated rings. The van der Waals surface area contributed by atoms with E-state index in [1.54, 1.807) is 0 Å². The van der Waals surface area contributed by atoms with E-state index < -0.39 is 0 Å². The molecule has 2 nitrogen and oxygen atoms in total. The van der Waals surface area contributed by atoms with Crippen molar-refractivity contribution in [2.24, 2.45) is 0 Å². The van der Waals surface area contributed by atoms with E-state index in [1.165, 1.54) is 24.8 Å². The summed E-state index contributed by atoms with van der Waals surface area (Å²) in [7, 11) is 6.57. The van der Waals surface area contributed by atoms with Gasteiger partial charge in [-0.25, -0.2) is 0 Å². The van der Waals surface area contributed by atoms with Crippen LogP contribution in [0.4, 0.5) is 0 Å². The maximum atomic E-state index is 6.29. The van der Waals surface area contributed by atoms with Crippen LogP contribution in [0.3, 0.4) is 0 Å². The highest BCUT2D eigenvalue weighted by atomic mass is 79.9. The van der Waals surface area contributed by atoms with Crippen LogP contribution in [0.15, 0.2) is 22.7 Å². The minimum Gasteiger partial charge on any atom is -0.302 e. The maximum Gasteiger partial charge on any atom is 0.0462 e. The Morgan fingerprint density at radius 2 is 1.95 bits per heavy atom. The predicted molar refractivity (Wildman–Crippen MR) is 85.8 cm³/mol. The molecule has 2 rings (SSSR count). The second-order valence-electron chi connectivity index (χ2n) is 5.88. The lowest BCUT2D eigenvalue weighted by Crippen LogP contribution is -2.56. The fourth-order valence-corrected chi connectivity index (χ4v) is 3.56. The van der Waals surface area contributed by atoms with Gasteiger partial charge in [0.25, 0.3) is 0 Å². The van der Waals surface area contributed by atoms with E-state index in [4.69, 9.17) is 11.6 Å². The Morgan fingerprint density at radius 1 is 1.26 bits per heavy atom. The van der Waals surface area contributed by atoms with Gasteiger partial charge in [-0.1, -0.05) is 33.6 Å². The molecule has 1 aliphatic rings. The number of benzene rings is 1. The largest absolute Gasteiger partial charge is 0.302 e. The molecule has 0 heterocycles. The fourth-order valence-electron chi connectivity index (χ4n) is 2.83. The normalized spacial score (nSPS) is 17.8. The van der Waals surface area contributed by atoms with Gasteiger partial charge in [-0.05, 0) is 58.1 Å². The summed E-state index contributed by atoms with van der Waals surface area (Å²) in [5.41, 5.74) is 1.57. The number of halogens is 2. The van der Waals surface area contributed by atoms with Gasteiger partial charge in [0.05, 0.1) is 0 Å². The van der Waals surface area contributed by atoms with Gasteiger partial charge in [-0.3, -0.25) is 0 Å². The van der Waals surface area contributed by atoms with Crippen LogP contribution in [-0.4, -0.2) is 43.0 Å². The molecule has 0 saturated heterocycles. The fraction of sp³-hybridized carbons (Fsp3) is 0.600. The van der Waals surface area contributed by atoms with Crippen molar-refractivity contribution in [1.82, 2.24) is 9.80 Å². The molecule has 19 heavy (non-hydrogen) atoms.